The Bertz CT molecular complexity index is 474. The molecule has 0 bridgehead atoms. The molecule has 1 aromatic rings. The van der Waals surface area contributed by atoms with Gasteiger partial charge >= 0.3 is 0 Å². The van der Waals surface area contributed by atoms with Crippen molar-refractivity contribution in [2.75, 3.05) is 18.1 Å². The Morgan fingerprint density at radius 2 is 1.95 bits per heavy atom. The van der Waals surface area contributed by atoms with Gasteiger partial charge in [-0.2, -0.15) is 11.8 Å². The zero-order valence-electron chi connectivity index (χ0n) is 11.4. The van der Waals surface area contributed by atoms with Gasteiger partial charge in [-0.15, -0.1) is 0 Å². The Kier molecular flexibility index (Phi) is 4.53. The van der Waals surface area contributed by atoms with E-state index in [-0.39, 0.29) is 11.5 Å². The van der Waals surface area contributed by atoms with Crippen LogP contribution in [0.2, 0.25) is 0 Å². The number of Topliss-reactive ketones (excluding diaryl/α,β-unsaturated/α-hetero) is 1. The van der Waals surface area contributed by atoms with Gasteiger partial charge in [0, 0.05) is 22.6 Å². The van der Waals surface area contributed by atoms with Gasteiger partial charge in [-0.05, 0) is 49.3 Å². The van der Waals surface area contributed by atoms with Crippen LogP contribution in [0.4, 0.5) is 0 Å². The Morgan fingerprint density at radius 1 is 1.25 bits per heavy atom. The number of carbonyl (C=O) groups excluding carboxylic acids is 1. The zero-order chi connectivity index (χ0) is 14.0. The molecule has 2 aliphatic heterocycles. The number of rotatable bonds is 2. The highest BCUT2D eigenvalue weighted by Gasteiger charge is 2.40. The Balaban J connectivity index is 1.73. The summed E-state index contributed by atoms with van der Waals surface area (Å²) in [4.78, 5) is 12.7. The van der Waals surface area contributed by atoms with Crippen LogP contribution >= 0.6 is 27.7 Å². The van der Waals surface area contributed by atoms with Gasteiger partial charge in [-0.3, -0.25) is 4.79 Å². The van der Waals surface area contributed by atoms with Crippen molar-refractivity contribution < 1.29 is 9.53 Å². The first-order valence-electron chi connectivity index (χ1n) is 7.20. The van der Waals surface area contributed by atoms with Crippen molar-refractivity contribution >= 4 is 33.5 Å². The standard InChI is InChI=1S/C16H19BrO2S/c17-14-3-1-12(2-4-14)15(18)13-5-8-19-16(11-13)6-9-20-10-7-16/h1-4,13H,5-11H2. The Hall–Kier alpha value is -0.320. The first kappa shape index (κ1) is 14.6. The molecule has 20 heavy (non-hydrogen) atoms. The quantitative estimate of drug-likeness (QED) is 0.739. The molecule has 0 aromatic heterocycles. The predicted molar refractivity (Wildman–Crippen MR) is 86.4 cm³/mol. The molecule has 4 heteroatoms. The number of carbonyl (C=O) groups is 1. The van der Waals surface area contributed by atoms with E-state index in [1.54, 1.807) is 0 Å². The monoisotopic (exact) mass is 354 g/mol. The minimum absolute atomic E-state index is 0.0147. The van der Waals surface area contributed by atoms with Gasteiger partial charge in [0.1, 0.15) is 0 Å². The zero-order valence-corrected chi connectivity index (χ0v) is 13.8. The molecule has 2 saturated heterocycles. The molecule has 1 atom stereocenters. The van der Waals surface area contributed by atoms with Crippen LogP contribution in [0.1, 0.15) is 36.0 Å². The molecule has 0 amide bonds. The first-order chi connectivity index (χ1) is 9.69. The summed E-state index contributed by atoms with van der Waals surface area (Å²) in [5, 5.41) is 0. The number of hydrogen-bond acceptors (Lipinski definition) is 3. The van der Waals surface area contributed by atoms with E-state index >= 15 is 0 Å². The van der Waals surface area contributed by atoms with Crippen LogP contribution in [0.25, 0.3) is 0 Å². The van der Waals surface area contributed by atoms with Crippen molar-refractivity contribution in [1.82, 2.24) is 0 Å². The van der Waals surface area contributed by atoms with Crippen molar-refractivity contribution in [2.24, 2.45) is 5.92 Å². The fraction of sp³-hybridized carbons (Fsp3) is 0.562. The summed E-state index contributed by atoms with van der Waals surface area (Å²) >= 11 is 5.41. The van der Waals surface area contributed by atoms with Crippen molar-refractivity contribution in [2.45, 2.75) is 31.3 Å². The molecule has 2 aliphatic rings. The maximum Gasteiger partial charge on any atom is 0.166 e. The van der Waals surface area contributed by atoms with Crippen LogP contribution in [0, 0.1) is 5.92 Å². The maximum atomic E-state index is 12.7. The number of ketones is 1. The molecular weight excluding hydrogens is 336 g/mol. The lowest BCUT2D eigenvalue weighted by Crippen LogP contribution is -2.44. The lowest BCUT2D eigenvalue weighted by atomic mass is 9.79. The minimum Gasteiger partial charge on any atom is -0.375 e. The largest absolute Gasteiger partial charge is 0.375 e. The fourth-order valence-electron chi connectivity index (χ4n) is 3.19. The molecule has 0 aliphatic carbocycles. The van der Waals surface area contributed by atoms with Crippen LogP contribution in [-0.4, -0.2) is 29.5 Å². The third-order valence-electron chi connectivity index (χ3n) is 4.40. The summed E-state index contributed by atoms with van der Waals surface area (Å²) in [7, 11) is 0. The molecule has 0 N–H and O–H groups in total. The van der Waals surface area contributed by atoms with E-state index in [4.69, 9.17) is 4.74 Å². The minimum atomic E-state index is -0.0147. The van der Waals surface area contributed by atoms with Crippen LogP contribution in [0.15, 0.2) is 28.7 Å². The van der Waals surface area contributed by atoms with E-state index < -0.39 is 0 Å². The number of benzene rings is 1. The molecule has 2 nitrogen and oxygen atoms in total. The molecule has 0 radical (unpaired) electrons. The van der Waals surface area contributed by atoms with Crippen molar-refractivity contribution in [3.8, 4) is 0 Å². The number of halogens is 1. The lowest BCUT2D eigenvalue weighted by molar-refractivity contribution is -0.0959. The SMILES string of the molecule is O=C(c1ccc(Br)cc1)C1CCOC2(CCSCC2)C1. The molecular formula is C16H19BrO2S. The summed E-state index contributed by atoms with van der Waals surface area (Å²) in [6.07, 6.45) is 3.97. The van der Waals surface area contributed by atoms with Gasteiger partial charge in [0.2, 0.25) is 0 Å². The second-order valence-electron chi connectivity index (χ2n) is 5.70. The number of hydrogen-bond donors (Lipinski definition) is 0. The van der Waals surface area contributed by atoms with Gasteiger partial charge in [0.25, 0.3) is 0 Å². The third kappa shape index (κ3) is 3.12. The average molecular weight is 355 g/mol. The second-order valence-corrected chi connectivity index (χ2v) is 7.85. The number of ether oxygens (including phenoxy) is 1. The lowest BCUT2D eigenvalue weighted by Gasteiger charge is -2.42. The summed E-state index contributed by atoms with van der Waals surface area (Å²) in [6, 6.07) is 7.73. The van der Waals surface area contributed by atoms with Crippen molar-refractivity contribution in [3.63, 3.8) is 0 Å². The van der Waals surface area contributed by atoms with Crippen molar-refractivity contribution in [1.29, 1.82) is 0 Å². The van der Waals surface area contributed by atoms with E-state index in [9.17, 15) is 4.79 Å². The van der Waals surface area contributed by atoms with Crippen molar-refractivity contribution in [3.05, 3.63) is 34.3 Å². The molecule has 108 valence electrons. The summed E-state index contributed by atoms with van der Waals surface area (Å²) in [5.74, 6) is 2.75. The summed E-state index contributed by atoms with van der Waals surface area (Å²) < 4.78 is 7.08. The normalized spacial score (nSPS) is 25.6. The molecule has 0 saturated carbocycles. The topological polar surface area (TPSA) is 26.3 Å². The highest BCUT2D eigenvalue weighted by Crippen LogP contribution is 2.40. The maximum absolute atomic E-state index is 12.7. The third-order valence-corrected chi connectivity index (χ3v) is 5.91. The van der Waals surface area contributed by atoms with E-state index in [0.717, 1.165) is 42.3 Å². The van der Waals surface area contributed by atoms with Crippen LogP contribution in [-0.2, 0) is 4.74 Å². The predicted octanol–water partition coefficient (Wildman–Crippen LogP) is 4.32. The van der Waals surface area contributed by atoms with E-state index in [1.165, 1.54) is 11.5 Å². The molecule has 2 fully saturated rings. The molecule has 3 rings (SSSR count). The molecule has 2 heterocycles. The average Bonchev–Trinajstić information content (AvgIpc) is 2.48. The van der Waals surface area contributed by atoms with Crippen LogP contribution in [0.3, 0.4) is 0 Å². The first-order valence-corrected chi connectivity index (χ1v) is 9.15. The molecule has 1 aromatic carbocycles. The van der Waals surface area contributed by atoms with Crippen LogP contribution in [0.5, 0.6) is 0 Å². The van der Waals surface area contributed by atoms with Gasteiger partial charge in [0.15, 0.2) is 5.78 Å². The van der Waals surface area contributed by atoms with Gasteiger partial charge < -0.3 is 4.74 Å². The van der Waals surface area contributed by atoms with Gasteiger partial charge in [0.05, 0.1) is 5.60 Å². The van der Waals surface area contributed by atoms with Gasteiger partial charge in [-0.1, -0.05) is 28.1 Å². The highest BCUT2D eigenvalue weighted by molar-refractivity contribution is 9.10. The highest BCUT2D eigenvalue weighted by atomic mass is 79.9. The van der Waals surface area contributed by atoms with E-state index in [2.05, 4.69) is 15.9 Å². The fourth-order valence-corrected chi connectivity index (χ4v) is 4.69. The summed E-state index contributed by atoms with van der Waals surface area (Å²) in [6.45, 7) is 0.734. The molecule has 1 unspecified atom stereocenters. The second kappa shape index (κ2) is 6.20. The van der Waals surface area contributed by atoms with E-state index in [0.29, 0.717) is 5.78 Å². The molecule has 1 spiro atoms. The summed E-state index contributed by atoms with van der Waals surface area (Å²) in [5.41, 5.74) is 0.819. The van der Waals surface area contributed by atoms with Crippen LogP contribution < -0.4 is 0 Å². The van der Waals surface area contributed by atoms with Gasteiger partial charge in [-0.25, -0.2) is 0 Å². The Morgan fingerprint density at radius 3 is 2.65 bits per heavy atom. The van der Waals surface area contributed by atoms with E-state index in [1.807, 2.05) is 36.0 Å². The number of thioether (sulfide) groups is 1. The Labute approximate surface area is 132 Å². The smallest absolute Gasteiger partial charge is 0.166 e.